The molecular weight excluding hydrogens is 452 g/mol. The number of hydrogen-bond acceptors (Lipinski definition) is 5. The number of sulfonamides is 1. The smallest absolute Gasteiger partial charge is 0.261 e. The average Bonchev–Trinajstić information content (AvgIpc) is 2.81. The number of carbonyl (C=O) groups excluding carboxylic acids is 1. The lowest BCUT2D eigenvalue weighted by molar-refractivity contribution is -0.130. The largest absolute Gasteiger partial charge is 0.343 e. The number of amides is 1. The molecule has 0 aliphatic carbocycles. The summed E-state index contributed by atoms with van der Waals surface area (Å²) in [5, 5.41) is 0. The molecule has 3 aliphatic heterocycles. The first-order valence-corrected chi connectivity index (χ1v) is 13.5. The number of fused-ring (bicyclic) bond motifs is 4. The van der Waals surface area contributed by atoms with E-state index in [0.29, 0.717) is 24.2 Å². The van der Waals surface area contributed by atoms with Gasteiger partial charge in [0.1, 0.15) is 0 Å². The highest BCUT2D eigenvalue weighted by molar-refractivity contribution is 7.92. The van der Waals surface area contributed by atoms with Crippen molar-refractivity contribution >= 4 is 21.6 Å². The molecule has 8 nitrogen and oxygen atoms in total. The normalized spacial score (nSPS) is 23.4. The third-order valence-corrected chi connectivity index (χ3v) is 9.00. The van der Waals surface area contributed by atoms with Crippen molar-refractivity contribution in [3.05, 3.63) is 58.0 Å². The number of hydrogen-bond donors (Lipinski definition) is 1. The van der Waals surface area contributed by atoms with E-state index in [1.807, 2.05) is 11.8 Å². The van der Waals surface area contributed by atoms with Gasteiger partial charge < -0.3 is 9.47 Å². The number of aryl methyl sites for hydroxylation is 1. The summed E-state index contributed by atoms with van der Waals surface area (Å²) in [5.74, 6) is 0.578. The molecule has 2 bridgehead atoms. The number of nitrogens with one attached hydrogen (secondary N) is 1. The number of anilines is 1. The maximum atomic E-state index is 13.1. The lowest BCUT2D eigenvalue weighted by Crippen LogP contribution is -2.53. The van der Waals surface area contributed by atoms with E-state index in [1.54, 1.807) is 41.8 Å². The maximum absolute atomic E-state index is 13.1. The summed E-state index contributed by atoms with van der Waals surface area (Å²) in [7, 11) is -3.77. The minimum atomic E-state index is -3.77. The van der Waals surface area contributed by atoms with Crippen LogP contribution < -0.4 is 10.3 Å². The van der Waals surface area contributed by atoms with Crippen LogP contribution in [0.5, 0.6) is 0 Å². The molecule has 9 heteroatoms. The van der Waals surface area contributed by atoms with E-state index in [9.17, 15) is 18.0 Å². The van der Waals surface area contributed by atoms with Gasteiger partial charge in [0.05, 0.1) is 10.6 Å². The molecule has 2 fully saturated rings. The standard InChI is InChI=1S/C25H32N4O4S/c1-17-3-5-22(6-4-17)34(32,33)26-23-7-8-24(31)29-15-19-13-20(25(23)29)16-28(14-19)21-9-11-27(12-10-21)18(2)30/h3-8,19-21,26H,9-16H2,1-2H3/t19-,20+/m0/s1. The zero-order valence-corrected chi connectivity index (χ0v) is 20.6. The molecule has 3 aliphatic rings. The zero-order valence-electron chi connectivity index (χ0n) is 19.7. The Morgan fingerprint density at radius 3 is 2.38 bits per heavy atom. The number of rotatable bonds is 4. The Bertz CT molecular complexity index is 1250. The molecule has 0 radical (unpaired) electrons. The van der Waals surface area contributed by atoms with E-state index in [2.05, 4.69) is 9.62 Å². The number of nitrogens with zero attached hydrogens (tertiary/aromatic N) is 3. The third-order valence-electron chi connectivity index (χ3n) is 7.62. The quantitative estimate of drug-likeness (QED) is 0.720. The zero-order chi connectivity index (χ0) is 24.0. The van der Waals surface area contributed by atoms with Crippen LogP contribution in [0, 0.1) is 12.8 Å². The van der Waals surface area contributed by atoms with E-state index in [4.69, 9.17) is 0 Å². The summed E-state index contributed by atoms with van der Waals surface area (Å²) in [5.41, 5.74) is 2.21. The van der Waals surface area contributed by atoms with Crippen LogP contribution in [0.15, 0.2) is 46.1 Å². The molecule has 182 valence electrons. The molecule has 4 heterocycles. The summed E-state index contributed by atoms with van der Waals surface area (Å²) in [6, 6.07) is 10.3. The molecule has 2 saturated heterocycles. The molecule has 2 atom stereocenters. The van der Waals surface area contributed by atoms with Gasteiger partial charge >= 0.3 is 0 Å². The molecule has 0 spiro atoms. The fraction of sp³-hybridized carbons (Fsp3) is 0.520. The van der Waals surface area contributed by atoms with Crippen molar-refractivity contribution in [3.8, 4) is 0 Å². The fourth-order valence-corrected chi connectivity index (χ4v) is 6.98. The van der Waals surface area contributed by atoms with Crippen molar-refractivity contribution in [2.24, 2.45) is 5.92 Å². The van der Waals surface area contributed by atoms with Crippen molar-refractivity contribution in [1.29, 1.82) is 0 Å². The highest BCUT2D eigenvalue weighted by Gasteiger charge is 2.39. The summed E-state index contributed by atoms with van der Waals surface area (Å²) < 4.78 is 30.8. The Balaban J connectivity index is 1.41. The number of aromatic nitrogens is 1. The topological polar surface area (TPSA) is 91.7 Å². The van der Waals surface area contributed by atoms with Gasteiger partial charge in [0.2, 0.25) is 5.91 Å². The van der Waals surface area contributed by atoms with Gasteiger partial charge in [-0.15, -0.1) is 0 Å². The SMILES string of the molecule is CC(=O)N1CCC(N2C[C@@H]3C[C@H](C2)c2c(NS(=O)(=O)c4ccc(C)cc4)ccc(=O)n2C3)CC1. The first-order chi connectivity index (χ1) is 16.2. The predicted octanol–water partition coefficient (Wildman–Crippen LogP) is 2.39. The molecule has 0 unspecified atom stereocenters. The van der Waals surface area contributed by atoms with Gasteiger partial charge in [-0.2, -0.15) is 0 Å². The van der Waals surface area contributed by atoms with Crippen LogP contribution in [0.25, 0.3) is 0 Å². The van der Waals surface area contributed by atoms with Gasteiger partial charge in [0, 0.05) is 63.4 Å². The first-order valence-electron chi connectivity index (χ1n) is 12.0. The summed E-state index contributed by atoms with van der Waals surface area (Å²) >= 11 is 0. The third kappa shape index (κ3) is 4.38. The van der Waals surface area contributed by atoms with Gasteiger partial charge in [-0.3, -0.25) is 19.2 Å². The second-order valence-corrected chi connectivity index (χ2v) is 11.7. The van der Waals surface area contributed by atoms with Gasteiger partial charge in [-0.1, -0.05) is 17.7 Å². The van der Waals surface area contributed by atoms with Crippen molar-refractivity contribution in [1.82, 2.24) is 14.4 Å². The first kappa shape index (κ1) is 23.1. The Labute approximate surface area is 200 Å². The van der Waals surface area contributed by atoms with Crippen LogP contribution in [-0.2, 0) is 21.4 Å². The van der Waals surface area contributed by atoms with Crippen molar-refractivity contribution in [2.75, 3.05) is 30.9 Å². The summed E-state index contributed by atoms with van der Waals surface area (Å²) in [4.78, 5) is 29.1. The van der Waals surface area contributed by atoms with Crippen LogP contribution in [-0.4, -0.2) is 60.9 Å². The van der Waals surface area contributed by atoms with Gasteiger partial charge in [-0.25, -0.2) is 8.42 Å². The molecule has 1 N–H and O–H groups in total. The minimum Gasteiger partial charge on any atom is -0.343 e. The van der Waals surface area contributed by atoms with Crippen molar-refractivity contribution < 1.29 is 13.2 Å². The number of benzene rings is 1. The van der Waals surface area contributed by atoms with Crippen LogP contribution >= 0.6 is 0 Å². The van der Waals surface area contributed by atoms with E-state index < -0.39 is 10.0 Å². The van der Waals surface area contributed by atoms with Gasteiger partial charge in [0.25, 0.3) is 15.6 Å². The van der Waals surface area contributed by atoms with Gasteiger partial charge in [0.15, 0.2) is 0 Å². The summed E-state index contributed by atoms with van der Waals surface area (Å²) in [6.07, 6.45) is 2.85. The second kappa shape index (κ2) is 8.85. The minimum absolute atomic E-state index is 0.0776. The molecule has 34 heavy (non-hydrogen) atoms. The van der Waals surface area contributed by atoms with Crippen LogP contribution in [0.3, 0.4) is 0 Å². The number of pyridine rings is 1. The Morgan fingerprint density at radius 1 is 1.00 bits per heavy atom. The molecule has 0 saturated carbocycles. The Hall–Kier alpha value is -2.65. The Morgan fingerprint density at radius 2 is 1.71 bits per heavy atom. The maximum Gasteiger partial charge on any atom is 0.261 e. The average molecular weight is 485 g/mol. The molecule has 5 rings (SSSR count). The van der Waals surface area contributed by atoms with Crippen molar-refractivity contribution in [3.63, 3.8) is 0 Å². The van der Waals surface area contributed by atoms with Crippen LogP contribution in [0.1, 0.15) is 43.4 Å². The van der Waals surface area contributed by atoms with E-state index >= 15 is 0 Å². The molecular formula is C25H32N4O4S. The highest BCUT2D eigenvalue weighted by Crippen LogP contribution is 2.40. The van der Waals surface area contributed by atoms with E-state index in [0.717, 1.165) is 56.7 Å². The molecule has 2 aromatic rings. The fourth-order valence-electron chi connectivity index (χ4n) is 5.90. The second-order valence-electron chi connectivity index (χ2n) is 9.99. The monoisotopic (exact) mass is 484 g/mol. The number of piperidine rings is 2. The lowest BCUT2D eigenvalue weighted by Gasteiger charge is -2.47. The number of likely N-dealkylation sites (tertiary alicyclic amines) is 2. The molecule has 1 aromatic carbocycles. The van der Waals surface area contributed by atoms with E-state index in [-0.39, 0.29) is 22.3 Å². The van der Waals surface area contributed by atoms with Crippen LogP contribution in [0.4, 0.5) is 5.69 Å². The van der Waals surface area contributed by atoms with E-state index in [1.165, 1.54) is 6.07 Å². The predicted molar refractivity (Wildman–Crippen MR) is 130 cm³/mol. The number of carbonyl (C=O) groups is 1. The van der Waals surface area contributed by atoms with Crippen molar-refractivity contribution in [2.45, 2.75) is 56.5 Å². The Kier molecular flexibility index (Phi) is 6.02. The van der Waals surface area contributed by atoms with Gasteiger partial charge in [-0.05, 0) is 50.3 Å². The van der Waals surface area contributed by atoms with Crippen LogP contribution in [0.2, 0.25) is 0 Å². The molecule has 1 amide bonds. The molecule has 1 aromatic heterocycles. The lowest BCUT2D eigenvalue weighted by atomic mass is 9.81. The summed E-state index contributed by atoms with van der Waals surface area (Å²) in [6.45, 7) is 7.44. The highest BCUT2D eigenvalue weighted by atomic mass is 32.2.